The van der Waals surface area contributed by atoms with Crippen molar-refractivity contribution in [1.82, 2.24) is 0 Å². The van der Waals surface area contributed by atoms with Crippen molar-refractivity contribution in [1.29, 1.82) is 0 Å². The minimum absolute atomic E-state index is 0.0313. The molecule has 33 heavy (non-hydrogen) atoms. The Kier molecular flexibility index (Phi) is 6.10. The van der Waals surface area contributed by atoms with E-state index < -0.39 is 28.2 Å². The van der Waals surface area contributed by atoms with Crippen molar-refractivity contribution in [2.45, 2.75) is 45.1 Å². The molecular weight excluding hydrogens is 442 g/mol. The molecule has 2 aromatic carbocycles. The molecule has 1 saturated carbocycles. The molecule has 0 saturated heterocycles. The van der Waals surface area contributed by atoms with Crippen molar-refractivity contribution in [3.8, 4) is 0 Å². The van der Waals surface area contributed by atoms with Crippen molar-refractivity contribution in [2.24, 2.45) is 22.7 Å². The topological polar surface area (TPSA) is 102 Å². The first kappa shape index (κ1) is 23.1. The third kappa shape index (κ3) is 4.55. The predicted octanol–water partition coefficient (Wildman–Crippen LogP) is 5.44. The van der Waals surface area contributed by atoms with Gasteiger partial charge in [-0.2, -0.15) is 0 Å². The van der Waals surface area contributed by atoms with Crippen LogP contribution in [0.5, 0.6) is 0 Å². The van der Waals surface area contributed by atoms with Crippen LogP contribution in [0.15, 0.2) is 53.5 Å². The van der Waals surface area contributed by atoms with E-state index in [-0.39, 0.29) is 23.3 Å². The Labute approximate surface area is 197 Å². The van der Waals surface area contributed by atoms with E-state index in [1.807, 2.05) is 20.8 Å². The van der Waals surface area contributed by atoms with Gasteiger partial charge in [0.25, 0.3) is 5.69 Å². The first-order valence-corrected chi connectivity index (χ1v) is 11.4. The van der Waals surface area contributed by atoms with Crippen LogP contribution < -0.4 is 5.32 Å². The highest BCUT2D eigenvalue weighted by Gasteiger charge is 2.53. The number of halogens is 1. The molecule has 0 bridgehead atoms. The average Bonchev–Trinajstić information content (AvgIpc) is 2.73. The second-order valence-corrected chi connectivity index (χ2v) is 10.0. The largest absolute Gasteiger partial charge is 0.326 e. The molecule has 4 atom stereocenters. The molecule has 1 aliphatic heterocycles. The maximum atomic E-state index is 13.7. The zero-order valence-corrected chi connectivity index (χ0v) is 19.5. The molecular formula is C25H26ClN3O4. The van der Waals surface area contributed by atoms with Crippen LogP contribution in [0.4, 0.5) is 11.4 Å². The maximum Gasteiger partial charge on any atom is 0.269 e. The van der Waals surface area contributed by atoms with E-state index in [1.54, 1.807) is 36.4 Å². The number of nitro groups is 1. The number of aliphatic imine (C=N–C) groups is 1. The van der Waals surface area contributed by atoms with Crippen molar-refractivity contribution in [2.75, 3.05) is 5.32 Å². The Morgan fingerprint density at radius 3 is 2.55 bits per heavy atom. The number of nitrogens with zero attached hydrogens (tertiary/aromatic N) is 2. The average molecular weight is 468 g/mol. The minimum Gasteiger partial charge on any atom is -0.326 e. The predicted molar refractivity (Wildman–Crippen MR) is 128 cm³/mol. The number of hydrogen-bond donors (Lipinski definition) is 1. The zero-order valence-electron chi connectivity index (χ0n) is 18.7. The Balaban J connectivity index is 1.83. The second kappa shape index (κ2) is 8.71. The van der Waals surface area contributed by atoms with E-state index in [9.17, 15) is 19.7 Å². The minimum atomic E-state index is -0.811. The first-order chi connectivity index (χ1) is 15.6. The van der Waals surface area contributed by atoms with Gasteiger partial charge in [-0.05, 0) is 56.0 Å². The van der Waals surface area contributed by atoms with E-state index in [1.165, 1.54) is 12.1 Å². The summed E-state index contributed by atoms with van der Waals surface area (Å²) < 4.78 is 0. The van der Waals surface area contributed by atoms with Gasteiger partial charge < -0.3 is 5.32 Å². The van der Waals surface area contributed by atoms with Gasteiger partial charge >= 0.3 is 0 Å². The molecule has 1 fully saturated rings. The molecule has 1 amide bonds. The summed E-state index contributed by atoms with van der Waals surface area (Å²) in [7, 11) is 0. The van der Waals surface area contributed by atoms with E-state index >= 15 is 0 Å². The number of benzene rings is 2. The Morgan fingerprint density at radius 2 is 1.88 bits per heavy atom. The SMILES string of the molecule is CC1CC(=O)C2C(=NC(C)(C)C(C(=O)Nc3ccc(Cl)cc3)C2c2cccc([N+](=O)[O-])c2)C1. The van der Waals surface area contributed by atoms with Crippen LogP contribution in [-0.2, 0) is 9.59 Å². The molecule has 4 unspecified atom stereocenters. The van der Waals surface area contributed by atoms with Gasteiger partial charge in [0.15, 0.2) is 0 Å². The van der Waals surface area contributed by atoms with Crippen LogP contribution in [0.2, 0.25) is 5.02 Å². The third-order valence-electron chi connectivity index (χ3n) is 6.58. The molecule has 1 aliphatic carbocycles. The highest BCUT2D eigenvalue weighted by Crippen LogP contribution is 2.49. The number of nitrogens with one attached hydrogen (secondary N) is 1. The van der Waals surface area contributed by atoms with Crippen molar-refractivity contribution >= 4 is 40.4 Å². The summed E-state index contributed by atoms with van der Waals surface area (Å²) in [5.41, 5.74) is 1.10. The number of amides is 1. The van der Waals surface area contributed by atoms with E-state index in [0.29, 0.717) is 29.1 Å². The summed E-state index contributed by atoms with van der Waals surface area (Å²) in [6, 6.07) is 13.1. The van der Waals surface area contributed by atoms with E-state index in [2.05, 4.69) is 5.32 Å². The molecule has 7 nitrogen and oxygen atoms in total. The fourth-order valence-corrected chi connectivity index (χ4v) is 5.40. The third-order valence-corrected chi connectivity index (χ3v) is 6.84. The first-order valence-electron chi connectivity index (χ1n) is 11.0. The van der Waals surface area contributed by atoms with Gasteiger partial charge in [-0.25, -0.2) is 0 Å². The summed E-state index contributed by atoms with van der Waals surface area (Å²) in [6.45, 7) is 5.79. The fourth-order valence-electron chi connectivity index (χ4n) is 5.27. The summed E-state index contributed by atoms with van der Waals surface area (Å²) in [4.78, 5) is 42.8. The molecule has 4 rings (SSSR count). The number of carbonyl (C=O) groups is 2. The lowest BCUT2D eigenvalue weighted by Gasteiger charge is -2.47. The number of anilines is 1. The maximum absolute atomic E-state index is 13.7. The molecule has 172 valence electrons. The number of ketones is 1. The quantitative estimate of drug-likeness (QED) is 0.478. The smallest absolute Gasteiger partial charge is 0.269 e. The van der Waals surface area contributed by atoms with Crippen molar-refractivity contribution in [3.63, 3.8) is 0 Å². The molecule has 8 heteroatoms. The highest BCUT2D eigenvalue weighted by molar-refractivity contribution is 6.30. The number of carbonyl (C=O) groups excluding carboxylic acids is 2. The highest BCUT2D eigenvalue weighted by atomic mass is 35.5. The lowest BCUT2D eigenvalue weighted by Crippen LogP contribution is -2.53. The van der Waals surface area contributed by atoms with Gasteiger partial charge in [-0.15, -0.1) is 0 Å². The lowest BCUT2D eigenvalue weighted by atomic mass is 9.60. The molecule has 1 heterocycles. The summed E-state index contributed by atoms with van der Waals surface area (Å²) in [5, 5.41) is 15.0. The lowest BCUT2D eigenvalue weighted by molar-refractivity contribution is -0.384. The van der Waals surface area contributed by atoms with Crippen LogP contribution in [0, 0.1) is 27.9 Å². The Bertz CT molecular complexity index is 1140. The van der Waals surface area contributed by atoms with Crippen molar-refractivity contribution < 1.29 is 14.5 Å². The Hall–Kier alpha value is -3.06. The van der Waals surface area contributed by atoms with Crippen LogP contribution in [0.1, 0.15) is 45.1 Å². The molecule has 0 radical (unpaired) electrons. The number of Topliss-reactive ketones (excluding diaryl/α,β-unsaturated/α-hetero) is 1. The van der Waals surface area contributed by atoms with Crippen LogP contribution in [0.3, 0.4) is 0 Å². The zero-order chi connectivity index (χ0) is 23.9. The van der Waals surface area contributed by atoms with Gasteiger partial charge in [-0.1, -0.05) is 30.7 Å². The molecule has 2 aromatic rings. The fraction of sp³-hybridized carbons (Fsp3) is 0.400. The number of non-ortho nitro benzene ring substituents is 1. The normalized spacial score (nSPS) is 26.2. The van der Waals surface area contributed by atoms with Crippen molar-refractivity contribution in [3.05, 3.63) is 69.2 Å². The van der Waals surface area contributed by atoms with Gasteiger partial charge in [0.05, 0.1) is 22.3 Å². The monoisotopic (exact) mass is 467 g/mol. The molecule has 1 N–H and O–H groups in total. The standard InChI is InChI=1S/C25H26ClN3O4/c1-14-11-19-22(20(30)12-14)21(15-5-4-6-18(13-15)29(32)33)23(25(2,3)28-19)24(31)27-17-9-7-16(26)8-10-17/h4-10,13-14,21-23H,11-12H2,1-3H3,(H,27,31). The van der Waals surface area contributed by atoms with Gasteiger partial charge in [0.2, 0.25) is 5.91 Å². The summed E-state index contributed by atoms with van der Waals surface area (Å²) >= 11 is 5.97. The van der Waals surface area contributed by atoms with E-state index in [0.717, 1.165) is 5.71 Å². The number of nitro benzene ring substituents is 1. The number of rotatable bonds is 4. The van der Waals surface area contributed by atoms with Crippen LogP contribution >= 0.6 is 11.6 Å². The van der Waals surface area contributed by atoms with Gasteiger partial charge in [0, 0.05) is 40.9 Å². The Morgan fingerprint density at radius 1 is 1.18 bits per heavy atom. The molecule has 0 aromatic heterocycles. The second-order valence-electron chi connectivity index (χ2n) is 9.57. The molecule has 2 aliphatic rings. The van der Waals surface area contributed by atoms with E-state index in [4.69, 9.17) is 16.6 Å². The van der Waals surface area contributed by atoms with Gasteiger partial charge in [-0.3, -0.25) is 24.7 Å². The van der Waals surface area contributed by atoms with Crippen LogP contribution in [-0.4, -0.2) is 27.9 Å². The van der Waals surface area contributed by atoms with Crippen LogP contribution in [0.25, 0.3) is 0 Å². The molecule has 0 spiro atoms. The number of fused-ring (bicyclic) bond motifs is 1. The summed E-state index contributed by atoms with van der Waals surface area (Å²) in [6.07, 6.45) is 1.08. The number of hydrogen-bond acceptors (Lipinski definition) is 5. The van der Waals surface area contributed by atoms with Gasteiger partial charge in [0.1, 0.15) is 5.78 Å². The summed E-state index contributed by atoms with van der Waals surface area (Å²) in [5.74, 6) is -1.91.